The van der Waals surface area contributed by atoms with E-state index in [2.05, 4.69) is 17.3 Å². The second-order valence-electron chi connectivity index (χ2n) is 6.20. The Balaban J connectivity index is 1.52. The standard InChI is InChI=1S/C15H30N2/c1-17(13-14-7-3-2-4-8-14)12-6-10-15-9-5-11-16-15/h14-16H,2-13H2,1H3. The zero-order valence-corrected chi connectivity index (χ0v) is 11.6. The largest absolute Gasteiger partial charge is 0.314 e. The van der Waals surface area contributed by atoms with E-state index in [0.717, 1.165) is 12.0 Å². The van der Waals surface area contributed by atoms with E-state index in [0.29, 0.717) is 0 Å². The highest BCUT2D eigenvalue weighted by Gasteiger charge is 2.16. The average molecular weight is 238 g/mol. The van der Waals surface area contributed by atoms with Gasteiger partial charge in [-0.05, 0) is 64.6 Å². The fourth-order valence-electron chi connectivity index (χ4n) is 3.51. The smallest absolute Gasteiger partial charge is 0.00680 e. The first-order valence-electron chi connectivity index (χ1n) is 7.76. The Hall–Kier alpha value is -0.0800. The van der Waals surface area contributed by atoms with Crippen molar-refractivity contribution in [2.24, 2.45) is 5.92 Å². The highest BCUT2D eigenvalue weighted by molar-refractivity contribution is 4.75. The molecule has 2 nitrogen and oxygen atoms in total. The van der Waals surface area contributed by atoms with Crippen LogP contribution < -0.4 is 5.32 Å². The van der Waals surface area contributed by atoms with Crippen LogP contribution in [0.1, 0.15) is 57.8 Å². The molecule has 1 atom stereocenters. The molecule has 0 bridgehead atoms. The fourth-order valence-corrected chi connectivity index (χ4v) is 3.51. The van der Waals surface area contributed by atoms with Crippen LogP contribution >= 0.6 is 0 Å². The monoisotopic (exact) mass is 238 g/mol. The van der Waals surface area contributed by atoms with Crippen LogP contribution in [0, 0.1) is 5.92 Å². The molecule has 1 aliphatic heterocycles. The Bertz CT molecular complexity index is 193. The Kier molecular flexibility index (Phi) is 5.79. The molecule has 2 rings (SSSR count). The van der Waals surface area contributed by atoms with Gasteiger partial charge in [-0.25, -0.2) is 0 Å². The van der Waals surface area contributed by atoms with E-state index in [1.807, 2.05) is 0 Å². The van der Waals surface area contributed by atoms with Crippen molar-refractivity contribution in [3.63, 3.8) is 0 Å². The molecular weight excluding hydrogens is 208 g/mol. The molecule has 0 amide bonds. The van der Waals surface area contributed by atoms with Crippen LogP contribution in [0.4, 0.5) is 0 Å². The van der Waals surface area contributed by atoms with Gasteiger partial charge in [0.15, 0.2) is 0 Å². The van der Waals surface area contributed by atoms with Crippen molar-refractivity contribution in [1.82, 2.24) is 10.2 Å². The van der Waals surface area contributed by atoms with E-state index in [1.54, 1.807) is 0 Å². The highest BCUT2D eigenvalue weighted by Crippen LogP contribution is 2.24. The van der Waals surface area contributed by atoms with Gasteiger partial charge in [0.05, 0.1) is 0 Å². The molecule has 1 unspecified atom stereocenters. The Morgan fingerprint density at radius 1 is 1.06 bits per heavy atom. The second-order valence-corrected chi connectivity index (χ2v) is 6.20. The van der Waals surface area contributed by atoms with Gasteiger partial charge < -0.3 is 10.2 Å². The molecule has 1 saturated heterocycles. The highest BCUT2D eigenvalue weighted by atomic mass is 15.1. The summed E-state index contributed by atoms with van der Waals surface area (Å²) in [5.41, 5.74) is 0. The SMILES string of the molecule is CN(CCCC1CCCN1)CC1CCCCC1. The summed E-state index contributed by atoms with van der Waals surface area (Å²) in [5.74, 6) is 0.998. The quantitative estimate of drug-likeness (QED) is 0.765. The van der Waals surface area contributed by atoms with Gasteiger partial charge in [-0.2, -0.15) is 0 Å². The number of hydrogen-bond donors (Lipinski definition) is 1. The first-order chi connectivity index (χ1) is 8.34. The lowest BCUT2D eigenvalue weighted by Gasteiger charge is -2.27. The summed E-state index contributed by atoms with van der Waals surface area (Å²) in [6.07, 6.45) is 13.0. The minimum atomic E-state index is 0.832. The van der Waals surface area contributed by atoms with Crippen LogP contribution in [0.3, 0.4) is 0 Å². The Morgan fingerprint density at radius 3 is 2.59 bits per heavy atom. The molecule has 0 aromatic rings. The third kappa shape index (κ3) is 4.97. The van der Waals surface area contributed by atoms with E-state index in [9.17, 15) is 0 Å². The molecular formula is C15H30N2. The van der Waals surface area contributed by atoms with Gasteiger partial charge in [0, 0.05) is 12.6 Å². The summed E-state index contributed by atoms with van der Waals surface area (Å²) in [6, 6.07) is 0.832. The lowest BCUT2D eigenvalue weighted by atomic mass is 9.89. The Morgan fingerprint density at radius 2 is 1.88 bits per heavy atom. The third-order valence-corrected chi connectivity index (χ3v) is 4.55. The molecule has 0 radical (unpaired) electrons. The van der Waals surface area contributed by atoms with Gasteiger partial charge in [-0.3, -0.25) is 0 Å². The van der Waals surface area contributed by atoms with Crippen molar-refractivity contribution in [1.29, 1.82) is 0 Å². The lowest BCUT2D eigenvalue weighted by molar-refractivity contribution is 0.229. The van der Waals surface area contributed by atoms with Crippen molar-refractivity contribution < 1.29 is 0 Å². The molecule has 1 N–H and O–H groups in total. The Labute approximate surface area is 107 Å². The van der Waals surface area contributed by atoms with Gasteiger partial charge in [0.25, 0.3) is 0 Å². The summed E-state index contributed by atoms with van der Waals surface area (Å²) < 4.78 is 0. The van der Waals surface area contributed by atoms with Crippen molar-refractivity contribution in [3.8, 4) is 0 Å². The van der Waals surface area contributed by atoms with Crippen LogP contribution in [0.25, 0.3) is 0 Å². The van der Waals surface area contributed by atoms with E-state index in [1.165, 1.54) is 77.4 Å². The molecule has 0 spiro atoms. The van der Waals surface area contributed by atoms with Gasteiger partial charge in [-0.15, -0.1) is 0 Å². The molecule has 2 aliphatic rings. The minimum Gasteiger partial charge on any atom is -0.314 e. The molecule has 0 aromatic carbocycles. The van der Waals surface area contributed by atoms with Crippen molar-refractivity contribution in [2.75, 3.05) is 26.7 Å². The summed E-state index contributed by atoms with van der Waals surface area (Å²) >= 11 is 0. The van der Waals surface area contributed by atoms with Crippen LogP contribution in [0.5, 0.6) is 0 Å². The molecule has 1 heterocycles. The number of nitrogens with zero attached hydrogens (tertiary/aromatic N) is 1. The maximum atomic E-state index is 3.59. The predicted octanol–water partition coefficient (Wildman–Crippen LogP) is 3.03. The van der Waals surface area contributed by atoms with Crippen LogP contribution in [0.15, 0.2) is 0 Å². The minimum absolute atomic E-state index is 0.832. The van der Waals surface area contributed by atoms with E-state index >= 15 is 0 Å². The summed E-state index contributed by atoms with van der Waals surface area (Å²) in [6.45, 7) is 3.90. The van der Waals surface area contributed by atoms with Gasteiger partial charge in [-0.1, -0.05) is 19.3 Å². The zero-order valence-electron chi connectivity index (χ0n) is 11.6. The van der Waals surface area contributed by atoms with Crippen LogP contribution in [-0.4, -0.2) is 37.6 Å². The van der Waals surface area contributed by atoms with Crippen molar-refractivity contribution in [3.05, 3.63) is 0 Å². The molecule has 100 valence electrons. The fraction of sp³-hybridized carbons (Fsp3) is 1.00. The van der Waals surface area contributed by atoms with E-state index < -0.39 is 0 Å². The maximum absolute atomic E-state index is 3.59. The zero-order chi connectivity index (χ0) is 11.9. The van der Waals surface area contributed by atoms with Crippen molar-refractivity contribution in [2.45, 2.75) is 63.8 Å². The third-order valence-electron chi connectivity index (χ3n) is 4.55. The van der Waals surface area contributed by atoms with Crippen LogP contribution in [0.2, 0.25) is 0 Å². The molecule has 1 aliphatic carbocycles. The summed E-state index contributed by atoms with van der Waals surface area (Å²) in [7, 11) is 2.32. The van der Waals surface area contributed by atoms with Gasteiger partial charge in [0.1, 0.15) is 0 Å². The first kappa shape index (κ1) is 13.4. The topological polar surface area (TPSA) is 15.3 Å². The summed E-state index contributed by atoms with van der Waals surface area (Å²) in [4.78, 5) is 2.57. The second kappa shape index (κ2) is 7.38. The number of hydrogen-bond acceptors (Lipinski definition) is 2. The molecule has 1 saturated carbocycles. The normalized spacial score (nSPS) is 26.8. The first-order valence-corrected chi connectivity index (χ1v) is 7.76. The van der Waals surface area contributed by atoms with Crippen molar-refractivity contribution >= 4 is 0 Å². The molecule has 2 heteroatoms. The summed E-state index contributed by atoms with van der Waals surface area (Å²) in [5, 5.41) is 3.59. The lowest BCUT2D eigenvalue weighted by Crippen LogP contribution is -2.29. The van der Waals surface area contributed by atoms with E-state index in [-0.39, 0.29) is 0 Å². The maximum Gasteiger partial charge on any atom is 0.00680 e. The number of rotatable bonds is 6. The van der Waals surface area contributed by atoms with Gasteiger partial charge >= 0.3 is 0 Å². The predicted molar refractivity (Wildman–Crippen MR) is 74.3 cm³/mol. The van der Waals surface area contributed by atoms with Gasteiger partial charge in [0.2, 0.25) is 0 Å². The van der Waals surface area contributed by atoms with E-state index in [4.69, 9.17) is 0 Å². The number of nitrogens with one attached hydrogen (secondary N) is 1. The average Bonchev–Trinajstić information content (AvgIpc) is 2.83. The van der Waals surface area contributed by atoms with Crippen LogP contribution in [-0.2, 0) is 0 Å². The molecule has 2 fully saturated rings. The molecule has 17 heavy (non-hydrogen) atoms. The molecule has 0 aromatic heterocycles.